The Morgan fingerprint density at radius 1 is 1.04 bits per heavy atom. The summed E-state index contributed by atoms with van der Waals surface area (Å²) in [4.78, 5) is 20.8. The lowest BCUT2D eigenvalue weighted by atomic mass is 10.1. The summed E-state index contributed by atoms with van der Waals surface area (Å²) < 4.78 is 10.7. The Kier molecular flexibility index (Phi) is 6.49. The maximum Gasteiger partial charge on any atom is 0.251 e. The first-order valence-electron chi connectivity index (χ1n) is 8.70. The van der Waals surface area contributed by atoms with Crippen molar-refractivity contribution in [1.82, 2.24) is 15.3 Å². The monoisotopic (exact) mass is 363 g/mol. The molecule has 0 spiro atoms. The Balaban J connectivity index is 1.66. The Labute approximate surface area is 158 Å². The molecule has 2 aromatic carbocycles. The molecule has 0 fully saturated rings. The Morgan fingerprint density at radius 3 is 2.56 bits per heavy atom. The molecule has 1 N–H and O–H groups in total. The van der Waals surface area contributed by atoms with E-state index in [1.807, 2.05) is 42.5 Å². The number of ether oxygens (including phenoxy) is 2. The summed E-state index contributed by atoms with van der Waals surface area (Å²) >= 11 is 0. The van der Waals surface area contributed by atoms with Crippen LogP contribution in [0.2, 0.25) is 0 Å². The van der Waals surface area contributed by atoms with E-state index in [0.29, 0.717) is 36.2 Å². The molecule has 3 rings (SSSR count). The van der Waals surface area contributed by atoms with Crippen LogP contribution in [0.15, 0.2) is 66.9 Å². The van der Waals surface area contributed by atoms with Crippen molar-refractivity contribution in [2.45, 2.75) is 6.42 Å². The molecule has 1 heterocycles. The normalized spacial score (nSPS) is 10.4. The third-order valence-electron chi connectivity index (χ3n) is 3.81. The zero-order valence-corrected chi connectivity index (χ0v) is 15.1. The Hall–Kier alpha value is -3.25. The first kappa shape index (κ1) is 18.5. The highest BCUT2D eigenvalue weighted by Gasteiger charge is 2.08. The van der Waals surface area contributed by atoms with Crippen molar-refractivity contribution in [1.29, 1.82) is 0 Å². The first-order chi connectivity index (χ1) is 13.3. The molecule has 138 valence electrons. The fourth-order valence-corrected chi connectivity index (χ4v) is 2.44. The molecule has 6 heteroatoms. The average Bonchev–Trinajstić information content (AvgIpc) is 2.72. The largest absolute Gasteiger partial charge is 0.439 e. The van der Waals surface area contributed by atoms with Crippen molar-refractivity contribution in [2.75, 3.05) is 20.3 Å². The molecule has 27 heavy (non-hydrogen) atoms. The summed E-state index contributed by atoms with van der Waals surface area (Å²) in [5, 5.41) is 2.86. The van der Waals surface area contributed by atoms with Gasteiger partial charge in [-0.15, -0.1) is 0 Å². The lowest BCUT2D eigenvalue weighted by Crippen LogP contribution is -2.25. The van der Waals surface area contributed by atoms with Gasteiger partial charge in [0.15, 0.2) is 5.82 Å². The number of hydrogen-bond acceptors (Lipinski definition) is 5. The number of rotatable bonds is 8. The average molecular weight is 363 g/mol. The van der Waals surface area contributed by atoms with Gasteiger partial charge in [0.2, 0.25) is 5.88 Å². The van der Waals surface area contributed by atoms with Crippen molar-refractivity contribution >= 4 is 5.91 Å². The van der Waals surface area contributed by atoms with Crippen LogP contribution < -0.4 is 10.1 Å². The highest BCUT2D eigenvalue weighted by Crippen LogP contribution is 2.22. The maximum atomic E-state index is 12.1. The SMILES string of the molecule is COCCCNC(=O)c1ccc(-c2nccc(Oc3ccccc3)n2)cc1. The number of amides is 1. The lowest BCUT2D eigenvalue weighted by Gasteiger charge is -2.07. The zero-order valence-electron chi connectivity index (χ0n) is 15.1. The predicted molar refractivity (Wildman–Crippen MR) is 103 cm³/mol. The minimum absolute atomic E-state index is 0.111. The summed E-state index contributed by atoms with van der Waals surface area (Å²) in [5.74, 6) is 1.60. The van der Waals surface area contributed by atoms with Crippen molar-refractivity contribution in [3.05, 3.63) is 72.4 Å². The van der Waals surface area contributed by atoms with E-state index in [9.17, 15) is 4.79 Å². The standard InChI is InChI=1S/C21H21N3O3/c1-26-15-5-13-23-21(25)17-10-8-16(9-11-17)20-22-14-12-19(24-20)27-18-6-3-2-4-7-18/h2-4,6-12,14H,5,13,15H2,1H3,(H,23,25). The van der Waals surface area contributed by atoms with E-state index in [1.165, 1.54) is 0 Å². The van der Waals surface area contributed by atoms with Gasteiger partial charge in [0.25, 0.3) is 5.91 Å². The minimum Gasteiger partial charge on any atom is -0.439 e. The van der Waals surface area contributed by atoms with E-state index in [0.717, 1.165) is 12.0 Å². The second-order valence-electron chi connectivity index (χ2n) is 5.81. The number of carbonyl (C=O) groups is 1. The van der Waals surface area contributed by atoms with Gasteiger partial charge >= 0.3 is 0 Å². The van der Waals surface area contributed by atoms with Gasteiger partial charge in [0, 0.05) is 43.7 Å². The lowest BCUT2D eigenvalue weighted by molar-refractivity contribution is 0.0948. The number of nitrogens with zero attached hydrogens (tertiary/aromatic N) is 2. The second-order valence-corrected chi connectivity index (χ2v) is 5.81. The van der Waals surface area contributed by atoms with Crippen LogP contribution in [-0.4, -0.2) is 36.1 Å². The molecule has 0 saturated carbocycles. The summed E-state index contributed by atoms with van der Waals surface area (Å²) in [6.07, 6.45) is 2.43. The van der Waals surface area contributed by atoms with Crippen molar-refractivity contribution in [3.63, 3.8) is 0 Å². The minimum atomic E-state index is -0.111. The summed E-state index contributed by atoms with van der Waals surface area (Å²) in [7, 11) is 1.64. The maximum absolute atomic E-state index is 12.1. The molecule has 1 amide bonds. The van der Waals surface area contributed by atoms with Gasteiger partial charge in [-0.1, -0.05) is 30.3 Å². The van der Waals surface area contributed by atoms with Crippen LogP contribution in [0.5, 0.6) is 11.6 Å². The van der Waals surface area contributed by atoms with Crippen LogP contribution >= 0.6 is 0 Å². The quantitative estimate of drug-likeness (QED) is 0.618. The van der Waals surface area contributed by atoms with Crippen LogP contribution in [0.1, 0.15) is 16.8 Å². The summed E-state index contributed by atoms with van der Waals surface area (Å²) in [6, 6.07) is 18.3. The number of benzene rings is 2. The summed E-state index contributed by atoms with van der Waals surface area (Å²) in [5.41, 5.74) is 1.40. The fraction of sp³-hybridized carbons (Fsp3) is 0.190. The van der Waals surface area contributed by atoms with Crippen molar-refractivity contribution in [2.24, 2.45) is 0 Å². The van der Waals surface area contributed by atoms with Crippen molar-refractivity contribution in [3.8, 4) is 23.0 Å². The molecule has 0 aliphatic heterocycles. The second kappa shape index (κ2) is 9.45. The van der Waals surface area contributed by atoms with Gasteiger partial charge in [0.05, 0.1) is 0 Å². The molecule has 0 saturated heterocycles. The molecule has 0 radical (unpaired) electrons. The highest BCUT2D eigenvalue weighted by atomic mass is 16.5. The number of hydrogen-bond donors (Lipinski definition) is 1. The molecule has 3 aromatic rings. The fourth-order valence-electron chi connectivity index (χ4n) is 2.44. The third kappa shape index (κ3) is 5.36. The van der Waals surface area contributed by atoms with Crippen LogP contribution in [0.3, 0.4) is 0 Å². The number of methoxy groups -OCH3 is 1. The number of aromatic nitrogens is 2. The third-order valence-corrected chi connectivity index (χ3v) is 3.81. The molecule has 0 aliphatic carbocycles. The van der Waals surface area contributed by atoms with E-state index < -0.39 is 0 Å². The Morgan fingerprint density at radius 2 is 1.81 bits per heavy atom. The van der Waals surface area contributed by atoms with Gasteiger partial charge in [0.1, 0.15) is 5.75 Å². The van der Waals surface area contributed by atoms with E-state index in [-0.39, 0.29) is 5.91 Å². The number of para-hydroxylation sites is 1. The van der Waals surface area contributed by atoms with Crippen LogP contribution in [0.25, 0.3) is 11.4 Å². The first-order valence-corrected chi connectivity index (χ1v) is 8.70. The number of nitrogens with one attached hydrogen (secondary N) is 1. The van der Waals surface area contributed by atoms with E-state index >= 15 is 0 Å². The van der Waals surface area contributed by atoms with Gasteiger partial charge < -0.3 is 14.8 Å². The molecule has 0 aliphatic rings. The summed E-state index contributed by atoms with van der Waals surface area (Å²) in [6.45, 7) is 1.20. The van der Waals surface area contributed by atoms with Crippen molar-refractivity contribution < 1.29 is 14.3 Å². The molecule has 1 aromatic heterocycles. The molecule has 6 nitrogen and oxygen atoms in total. The topological polar surface area (TPSA) is 73.3 Å². The Bertz CT molecular complexity index is 867. The molecule has 0 unspecified atom stereocenters. The van der Waals surface area contributed by atoms with Crippen LogP contribution in [0, 0.1) is 0 Å². The molecular formula is C21H21N3O3. The van der Waals surface area contributed by atoms with E-state index in [1.54, 1.807) is 31.5 Å². The zero-order chi connectivity index (χ0) is 18.9. The van der Waals surface area contributed by atoms with Gasteiger partial charge in [-0.05, 0) is 30.7 Å². The van der Waals surface area contributed by atoms with Gasteiger partial charge in [-0.25, -0.2) is 4.98 Å². The van der Waals surface area contributed by atoms with Gasteiger partial charge in [-0.2, -0.15) is 4.98 Å². The smallest absolute Gasteiger partial charge is 0.251 e. The van der Waals surface area contributed by atoms with Crippen LogP contribution in [-0.2, 0) is 4.74 Å². The predicted octanol–water partition coefficient (Wildman–Crippen LogP) is 3.70. The van der Waals surface area contributed by atoms with E-state index in [2.05, 4.69) is 15.3 Å². The molecule has 0 atom stereocenters. The number of carbonyl (C=O) groups excluding carboxylic acids is 1. The van der Waals surface area contributed by atoms with Gasteiger partial charge in [-0.3, -0.25) is 4.79 Å². The molecule has 0 bridgehead atoms. The highest BCUT2D eigenvalue weighted by molar-refractivity contribution is 5.94. The molecular weight excluding hydrogens is 342 g/mol. The van der Waals surface area contributed by atoms with E-state index in [4.69, 9.17) is 9.47 Å². The van der Waals surface area contributed by atoms with Crippen LogP contribution in [0.4, 0.5) is 0 Å².